The molecule has 0 spiro atoms. The molecule has 140 valence electrons. The molecule has 1 saturated heterocycles. The molecular formula is C19H25N3O4. The molecule has 0 amide bonds. The van der Waals surface area contributed by atoms with Gasteiger partial charge in [-0.2, -0.15) is 0 Å². The van der Waals surface area contributed by atoms with Crippen LogP contribution in [0.5, 0.6) is 0 Å². The molecule has 1 aliphatic rings. The highest BCUT2D eigenvalue weighted by Gasteiger charge is 2.23. The largest absolute Gasteiger partial charge is 0.465 e. The Hall–Kier alpha value is -2.41. The Morgan fingerprint density at radius 3 is 2.69 bits per heavy atom. The first-order valence-electron chi connectivity index (χ1n) is 9.11. The Morgan fingerprint density at radius 2 is 1.96 bits per heavy atom. The zero-order valence-corrected chi connectivity index (χ0v) is 15.1. The number of hydrogen-bond donors (Lipinski definition) is 1. The van der Waals surface area contributed by atoms with Gasteiger partial charge >= 0.3 is 11.7 Å². The molecule has 2 aromatic rings. The summed E-state index contributed by atoms with van der Waals surface area (Å²) in [6.07, 6.45) is 2.45. The van der Waals surface area contributed by atoms with E-state index in [9.17, 15) is 14.4 Å². The second-order valence-electron chi connectivity index (χ2n) is 6.84. The van der Waals surface area contributed by atoms with Crippen LogP contribution in [0, 0.1) is 0 Å². The Kier molecular flexibility index (Phi) is 5.88. The predicted octanol–water partition coefficient (Wildman–Crippen LogP) is 1.88. The number of Topliss-reactive ketones (excluding diaryl/α,β-unsaturated/α-hetero) is 1. The molecule has 1 N–H and O–H groups in total. The van der Waals surface area contributed by atoms with E-state index in [1.807, 2.05) is 28.8 Å². The number of carbonyl (C=O) groups is 2. The van der Waals surface area contributed by atoms with Crippen molar-refractivity contribution in [3.63, 3.8) is 0 Å². The zero-order valence-electron chi connectivity index (χ0n) is 15.1. The summed E-state index contributed by atoms with van der Waals surface area (Å²) in [5.74, 6) is -0.625. The smallest absolute Gasteiger partial charge is 0.326 e. The Morgan fingerprint density at radius 1 is 1.23 bits per heavy atom. The van der Waals surface area contributed by atoms with E-state index in [4.69, 9.17) is 4.74 Å². The first kappa shape index (κ1) is 18.4. The average molecular weight is 359 g/mol. The van der Waals surface area contributed by atoms with E-state index in [2.05, 4.69) is 9.88 Å². The first-order chi connectivity index (χ1) is 12.5. The van der Waals surface area contributed by atoms with E-state index in [-0.39, 0.29) is 23.9 Å². The molecule has 0 unspecified atom stereocenters. The van der Waals surface area contributed by atoms with Crippen molar-refractivity contribution >= 4 is 22.8 Å². The third-order valence-electron chi connectivity index (χ3n) is 4.82. The summed E-state index contributed by atoms with van der Waals surface area (Å²) in [6.45, 7) is 4.40. The van der Waals surface area contributed by atoms with Gasteiger partial charge in [-0.05, 0) is 38.3 Å². The minimum atomic E-state index is -0.449. The normalized spacial score (nSPS) is 16.0. The molecule has 3 rings (SSSR count). The van der Waals surface area contributed by atoms with Gasteiger partial charge in [0.25, 0.3) is 0 Å². The van der Waals surface area contributed by atoms with Crippen LogP contribution in [0.3, 0.4) is 0 Å². The highest BCUT2D eigenvalue weighted by atomic mass is 16.5. The van der Waals surface area contributed by atoms with Crippen LogP contribution in [-0.4, -0.2) is 52.4 Å². The van der Waals surface area contributed by atoms with Gasteiger partial charge in [-0.3, -0.25) is 14.2 Å². The van der Waals surface area contributed by atoms with Crippen LogP contribution in [0.1, 0.15) is 38.6 Å². The summed E-state index contributed by atoms with van der Waals surface area (Å²) in [5.41, 5.74) is 1.81. The second kappa shape index (κ2) is 8.31. The van der Waals surface area contributed by atoms with Crippen LogP contribution < -0.4 is 5.69 Å². The summed E-state index contributed by atoms with van der Waals surface area (Å²) in [5, 5.41) is 0. The third-order valence-corrected chi connectivity index (χ3v) is 4.82. The number of aromatic amines is 1. The lowest BCUT2D eigenvalue weighted by Gasteiger charge is -2.32. The Balaban J connectivity index is 1.46. The lowest BCUT2D eigenvalue weighted by atomic mass is 10.0. The fourth-order valence-electron chi connectivity index (χ4n) is 3.57. The first-order valence-corrected chi connectivity index (χ1v) is 9.11. The number of likely N-dealkylation sites (tertiary alicyclic amines) is 1. The van der Waals surface area contributed by atoms with Crippen LogP contribution in [0.4, 0.5) is 0 Å². The van der Waals surface area contributed by atoms with E-state index in [0.717, 1.165) is 49.9 Å². The quantitative estimate of drug-likeness (QED) is 0.463. The van der Waals surface area contributed by atoms with Gasteiger partial charge in [0.05, 0.1) is 17.6 Å². The summed E-state index contributed by atoms with van der Waals surface area (Å²) < 4.78 is 6.94. The number of imidazole rings is 1. The number of H-pyrrole nitrogens is 1. The minimum Gasteiger partial charge on any atom is -0.465 e. The molecular weight excluding hydrogens is 334 g/mol. The lowest BCUT2D eigenvalue weighted by molar-refractivity contribution is -0.145. The maximum atomic E-state index is 12.3. The SMILES string of the molecule is CC(=O)CC(=O)OCCCN1CCC(n2c(=O)[nH]c3ccccc32)CC1. The van der Waals surface area contributed by atoms with Gasteiger partial charge in [0, 0.05) is 25.7 Å². The molecule has 1 aliphatic heterocycles. The summed E-state index contributed by atoms with van der Waals surface area (Å²) in [7, 11) is 0. The number of hydrogen-bond acceptors (Lipinski definition) is 5. The molecule has 0 aliphatic carbocycles. The maximum absolute atomic E-state index is 12.3. The molecule has 1 aromatic carbocycles. The number of nitrogens with zero attached hydrogens (tertiary/aromatic N) is 2. The van der Waals surface area contributed by atoms with E-state index in [1.54, 1.807) is 0 Å². The van der Waals surface area contributed by atoms with Crippen molar-refractivity contribution in [3.8, 4) is 0 Å². The monoisotopic (exact) mass is 359 g/mol. The number of para-hydroxylation sites is 2. The summed E-state index contributed by atoms with van der Waals surface area (Å²) >= 11 is 0. The number of rotatable bonds is 7. The Labute approximate surface area is 151 Å². The molecule has 26 heavy (non-hydrogen) atoms. The van der Waals surface area contributed by atoms with Crippen LogP contribution in [0.15, 0.2) is 29.1 Å². The summed E-state index contributed by atoms with van der Waals surface area (Å²) in [4.78, 5) is 39.7. The van der Waals surface area contributed by atoms with Crippen molar-refractivity contribution in [2.75, 3.05) is 26.2 Å². The number of carbonyl (C=O) groups excluding carboxylic acids is 2. The van der Waals surface area contributed by atoms with Crippen molar-refractivity contribution in [1.29, 1.82) is 0 Å². The zero-order chi connectivity index (χ0) is 18.5. The van der Waals surface area contributed by atoms with Gasteiger partial charge in [-0.15, -0.1) is 0 Å². The van der Waals surface area contributed by atoms with Gasteiger partial charge in [0.2, 0.25) is 0 Å². The molecule has 0 atom stereocenters. The fourth-order valence-corrected chi connectivity index (χ4v) is 3.57. The van der Waals surface area contributed by atoms with Crippen LogP contribution >= 0.6 is 0 Å². The molecule has 0 radical (unpaired) electrons. The number of ketones is 1. The number of aromatic nitrogens is 2. The highest BCUT2D eigenvalue weighted by molar-refractivity contribution is 5.94. The number of fused-ring (bicyclic) bond motifs is 1. The van der Waals surface area contributed by atoms with E-state index in [1.165, 1.54) is 6.92 Å². The predicted molar refractivity (Wildman–Crippen MR) is 98.1 cm³/mol. The number of piperidine rings is 1. The van der Waals surface area contributed by atoms with Crippen molar-refractivity contribution < 1.29 is 14.3 Å². The Bertz CT molecular complexity index is 831. The molecule has 0 saturated carbocycles. The van der Waals surface area contributed by atoms with Gasteiger partial charge in [0.15, 0.2) is 0 Å². The van der Waals surface area contributed by atoms with Crippen molar-refractivity contribution in [1.82, 2.24) is 14.5 Å². The summed E-state index contributed by atoms with van der Waals surface area (Å²) in [6, 6.07) is 8.00. The molecule has 7 nitrogen and oxygen atoms in total. The molecule has 2 heterocycles. The van der Waals surface area contributed by atoms with Gasteiger partial charge in [-0.1, -0.05) is 12.1 Å². The van der Waals surface area contributed by atoms with Crippen molar-refractivity contribution in [3.05, 3.63) is 34.7 Å². The van der Waals surface area contributed by atoms with Gasteiger partial charge in [0.1, 0.15) is 12.2 Å². The topological polar surface area (TPSA) is 84.4 Å². The van der Waals surface area contributed by atoms with Crippen molar-refractivity contribution in [2.24, 2.45) is 0 Å². The van der Waals surface area contributed by atoms with Gasteiger partial charge in [-0.25, -0.2) is 4.79 Å². The third kappa shape index (κ3) is 4.40. The van der Waals surface area contributed by atoms with Crippen LogP contribution in [-0.2, 0) is 14.3 Å². The highest BCUT2D eigenvalue weighted by Crippen LogP contribution is 2.24. The number of esters is 1. The standard InChI is InChI=1S/C19H25N3O4/c1-14(23)13-18(24)26-12-4-9-21-10-7-15(8-11-21)22-17-6-3-2-5-16(17)20-19(22)25/h2-3,5-6,15H,4,7-13H2,1H3,(H,20,25). The van der Waals surface area contributed by atoms with E-state index in [0.29, 0.717) is 6.61 Å². The number of ether oxygens (including phenoxy) is 1. The van der Waals surface area contributed by atoms with E-state index < -0.39 is 5.97 Å². The van der Waals surface area contributed by atoms with Crippen LogP contribution in [0.2, 0.25) is 0 Å². The average Bonchev–Trinajstić information content (AvgIpc) is 2.94. The maximum Gasteiger partial charge on any atom is 0.326 e. The lowest BCUT2D eigenvalue weighted by Crippen LogP contribution is -2.37. The second-order valence-corrected chi connectivity index (χ2v) is 6.84. The van der Waals surface area contributed by atoms with E-state index >= 15 is 0 Å². The van der Waals surface area contributed by atoms with Gasteiger partial charge < -0.3 is 14.6 Å². The molecule has 7 heteroatoms. The molecule has 0 bridgehead atoms. The number of benzene rings is 1. The van der Waals surface area contributed by atoms with Crippen LogP contribution in [0.25, 0.3) is 11.0 Å². The number of nitrogens with one attached hydrogen (secondary N) is 1. The molecule has 1 fully saturated rings. The molecule has 1 aromatic heterocycles. The van der Waals surface area contributed by atoms with Crippen molar-refractivity contribution in [2.45, 2.75) is 38.6 Å². The minimum absolute atomic E-state index is 0.0398. The fraction of sp³-hybridized carbons (Fsp3) is 0.526.